The van der Waals surface area contributed by atoms with E-state index in [1.807, 2.05) is 19.1 Å². The largest absolute Gasteiger partial charge is 0.383 e. The van der Waals surface area contributed by atoms with Crippen molar-refractivity contribution in [2.24, 2.45) is 5.73 Å². The molecule has 0 aliphatic rings. The zero-order chi connectivity index (χ0) is 14.7. The Kier molecular flexibility index (Phi) is 4.21. The number of nitrogens with two attached hydrogens (primary N) is 1. The molecular weight excluding hydrogens is 260 g/mol. The van der Waals surface area contributed by atoms with Gasteiger partial charge in [-0.2, -0.15) is 0 Å². The van der Waals surface area contributed by atoms with Crippen molar-refractivity contribution < 1.29 is 9.53 Å². The topological polar surface area (TPSA) is 113 Å². The van der Waals surface area contributed by atoms with E-state index in [4.69, 9.17) is 10.5 Å². The zero-order valence-electron chi connectivity index (χ0n) is 11.4. The molecule has 0 bridgehead atoms. The average molecular weight is 278 g/mol. The number of hydrogen-bond acceptors (Lipinski definition) is 4. The van der Waals surface area contributed by atoms with Gasteiger partial charge >= 0.3 is 5.69 Å². The van der Waals surface area contributed by atoms with Crippen LogP contribution in [0.2, 0.25) is 0 Å². The van der Waals surface area contributed by atoms with Crippen molar-refractivity contribution in [1.29, 1.82) is 0 Å². The molecule has 7 nitrogen and oxygen atoms in total. The average Bonchev–Trinajstić information content (AvgIpc) is 2.77. The maximum absolute atomic E-state index is 11.8. The molecule has 1 aromatic carbocycles. The molecule has 108 valence electrons. The van der Waals surface area contributed by atoms with Crippen molar-refractivity contribution in [2.75, 3.05) is 13.7 Å². The molecule has 0 aliphatic carbocycles. The molecule has 2 rings (SSSR count). The minimum Gasteiger partial charge on any atom is -0.383 e. The molecular formula is C13H18N4O3. The van der Waals surface area contributed by atoms with Gasteiger partial charge in [-0.15, -0.1) is 0 Å². The number of carbonyl (C=O) groups excluding carboxylic acids is 1. The Morgan fingerprint density at radius 2 is 2.10 bits per heavy atom. The minimum absolute atomic E-state index is 0.169. The number of ether oxygens (including phenoxy) is 1. The highest BCUT2D eigenvalue weighted by atomic mass is 16.5. The maximum atomic E-state index is 11.8. The lowest BCUT2D eigenvalue weighted by atomic mass is 10.1. The molecule has 0 radical (unpaired) electrons. The summed E-state index contributed by atoms with van der Waals surface area (Å²) in [5.74, 6) is -0.276. The third-order valence-electron chi connectivity index (χ3n) is 3.08. The smallest absolute Gasteiger partial charge is 0.323 e. The van der Waals surface area contributed by atoms with Crippen LogP contribution in [0.4, 0.5) is 0 Å². The number of nitrogens with one attached hydrogen (secondary N) is 3. The van der Waals surface area contributed by atoms with Gasteiger partial charge in [0.05, 0.1) is 23.7 Å². The van der Waals surface area contributed by atoms with Gasteiger partial charge in [0, 0.05) is 7.11 Å². The second-order valence-corrected chi connectivity index (χ2v) is 4.68. The molecule has 0 fully saturated rings. The SMILES string of the molecule is COCC(N)C(=O)NC(C)c1ccc2[nH]c(=O)[nH]c2c1. The van der Waals surface area contributed by atoms with Crippen LogP contribution in [0.5, 0.6) is 0 Å². The Bertz CT molecular complexity index is 661. The number of aromatic amines is 2. The van der Waals surface area contributed by atoms with Gasteiger partial charge in [0.1, 0.15) is 6.04 Å². The summed E-state index contributed by atoms with van der Waals surface area (Å²) >= 11 is 0. The summed E-state index contributed by atoms with van der Waals surface area (Å²) in [6.45, 7) is 2.02. The molecule has 0 spiro atoms. The molecule has 1 aromatic heterocycles. The van der Waals surface area contributed by atoms with Crippen molar-refractivity contribution in [1.82, 2.24) is 15.3 Å². The van der Waals surface area contributed by atoms with Crippen LogP contribution in [-0.2, 0) is 9.53 Å². The molecule has 0 saturated carbocycles. The fourth-order valence-electron chi connectivity index (χ4n) is 1.98. The number of H-pyrrole nitrogens is 2. The number of methoxy groups -OCH3 is 1. The lowest BCUT2D eigenvalue weighted by Crippen LogP contribution is -2.44. The highest BCUT2D eigenvalue weighted by molar-refractivity contribution is 5.82. The maximum Gasteiger partial charge on any atom is 0.323 e. The van der Waals surface area contributed by atoms with Crippen LogP contribution in [0.15, 0.2) is 23.0 Å². The van der Waals surface area contributed by atoms with Crippen molar-refractivity contribution >= 4 is 16.9 Å². The zero-order valence-corrected chi connectivity index (χ0v) is 11.4. The molecule has 2 aromatic rings. The van der Waals surface area contributed by atoms with E-state index >= 15 is 0 Å². The first-order valence-corrected chi connectivity index (χ1v) is 6.28. The Labute approximate surface area is 115 Å². The summed E-state index contributed by atoms with van der Waals surface area (Å²) in [5.41, 5.74) is 7.72. The van der Waals surface area contributed by atoms with Crippen LogP contribution in [0.3, 0.4) is 0 Å². The van der Waals surface area contributed by atoms with E-state index < -0.39 is 6.04 Å². The highest BCUT2D eigenvalue weighted by Gasteiger charge is 2.16. The number of fused-ring (bicyclic) bond motifs is 1. The van der Waals surface area contributed by atoms with Gasteiger partial charge in [0.15, 0.2) is 0 Å². The summed E-state index contributed by atoms with van der Waals surface area (Å²) in [6, 6.07) is 4.55. The second-order valence-electron chi connectivity index (χ2n) is 4.68. The molecule has 20 heavy (non-hydrogen) atoms. The van der Waals surface area contributed by atoms with Gasteiger partial charge in [-0.25, -0.2) is 4.79 Å². The van der Waals surface area contributed by atoms with E-state index in [0.29, 0.717) is 5.52 Å². The van der Waals surface area contributed by atoms with E-state index in [0.717, 1.165) is 11.1 Å². The second kappa shape index (κ2) is 5.89. The quantitative estimate of drug-likeness (QED) is 0.617. The fourth-order valence-corrected chi connectivity index (χ4v) is 1.98. The van der Waals surface area contributed by atoms with Crippen LogP contribution < -0.4 is 16.7 Å². The number of hydrogen-bond donors (Lipinski definition) is 4. The number of carbonyl (C=O) groups is 1. The van der Waals surface area contributed by atoms with E-state index in [2.05, 4.69) is 15.3 Å². The Hall–Kier alpha value is -2.12. The first-order valence-electron chi connectivity index (χ1n) is 6.28. The summed E-state index contributed by atoms with van der Waals surface area (Å²) in [5, 5.41) is 2.81. The lowest BCUT2D eigenvalue weighted by Gasteiger charge is -2.17. The molecule has 2 atom stereocenters. The van der Waals surface area contributed by atoms with Crippen LogP contribution in [0.25, 0.3) is 11.0 Å². The van der Waals surface area contributed by atoms with E-state index in [9.17, 15) is 9.59 Å². The van der Waals surface area contributed by atoms with Crippen molar-refractivity contribution in [2.45, 2.75) is 19.0 Å². The van der Waals surface area contributed by atoms with Gasteiger partial charge in [0.2, 0.25) is 5.91 Å². The Morgan fingerprint density at radius 1 is 1.40 bits per heavy atom. The van der Waals surface area contributed by atoms with Gasteiger partial charge in [-0.1, -0.05) is 6.07 Å². The van der Waals surface area contributed by atoms with Crippen LogP contribution >= 0.6 is 0 Å². The monoisotopic (exact) mass is 278 g/mol. The molecule has 1 amide bonds. The number of aromatic nitrogens is 2. The molecule has 1 heterocycles. The van der Waals surface area contributed by atoms with Gasteiger partial charge < -0.3 is 25.8 Å². The summed E-state index contributed by atoms with van der Waals surface area (Å²) < 4.78 is 4.84. The number of benzene rings is 1. The predicted octanol–water partition coefficient (Wildman–Crippen LogP) is 0.00710. The summed E-state index contributed by atoms with van der Waals surface area (Å²) in [4.78, 5) is 28.3. The lowest BCUT2D eigenvalue weighted by molar-refractivity contribution is -0.124. The summed E-state index contributed by atoms with van der Waals surface area (Å²) in [6.07, 6.45) is 0. The van der Waals surface area contributed by atoms with E-state index in [1.165, 1.54) is 7.11 Å². The van der Waals surface area contributed by atoms with Crippen molar-refractivity contribution in [3.05, 3.63) is 34.2 Å². The minimum atomic E-state index is -0.696. The first kappa shape index (κ1) is 14.3. The Morgan fingerprint density at radius 3 is 2.80 bits per heavy atom. The molecule has 7 heteroatoms. The van der Waals surface area contributed by atoms with Crippen LogP contribution in [-0.4, -0.2) is 35.6 Å². The normalized spacial score (nSPS) is 14.2. The fraction of sp³-hybridized carbons (Fsp3) is 0.385. The molecule has 0 saturated heterocycles. The first-order chi connectivity index (χ1) is 9.51. The van der Waals surface area contributed by atoms with Crippen molar-refractivity contribution in [3.8, 4) is 0 Å². The van der Waals surface area contributed by atoms with E-state index in [-0.39, 0.29) is 24.2 Å². The third kappa shape index (κ3) is 3.06. The molecule has 2 unspecified atom stereocenters. The molecule has 0 aliphatic heterocycles. The highest BCUT2D eigenvalue weighted by Crippen LogP contribution is 2.16. The van der Waals surface area contributed by atoms with Crippen molar-refractivity contribution in [3.63, 3.8) is 0 Å². The third-order valence-corrected chi connectivity index (χ3v) is 3.08. The van der Waals surface area contributed by atoms with E-state index in [1.54, 1.807) is 6.07 Å². The standard InChI is InChI=1S/C13H18N4O3/c1-7(15-12(18)9(14)6-20-2)8-3-4-10-11(5-8)17-13(19)16-10/h3-5,7,9H,6,14H2,1-2H3,(H,15,18)(H2,16,17,19). The summed E-state index contributed by atoms with van der Waals surface area (Å²) in [7, 11) is 1.49. The van der Waals surface area contributed by atoms with Gasteiger partial charge in [-0.05, 0) is 24.6 Å². The van der Waals surface area contributed by atoms with Crippen LogP contribution in [0.1, 0.15) is 18.5 Å². The number of rotatable bonds is 5. The van der Waals surface area contributed by atoms with Gasteiger partial charge in [-0.3, -0.25) is 4.79 Å². The Balaban J connectivity index is 2.12. The molecule has 5 N–H and O–H groups in total. The number of amides is 1. The van der Waals surface area contributed by atoms with Crippen LogP contribution in [0, 0.1) is 0 Å². The number of imidazole rings is 1. The van der Waals surface area contributed by atoms with Gasteiger partial charge in [0.25, 0.3) is 0 Å². The predicted molar refractivity (Wildman–Crippen MR) is 75.3 cm³/mol.